The molecule has 2 aromatic rings. The molecule has 1 aromatic heterocycles. The van der Waals surface area contributed by atoms with Gasteiger partial charge < -0.3 is 5.11 Å². The Hall–Kier alpha value is -1.28. The maximum absolute atomic E-state index is 9.76. The lowest BCUT2D eigenvalue weighted by molar-refractivity contribution is 0.492. The molecule has 0 atom stereocenters. The van der Waals surface area contributed by atoms with Crippen molar-refractivity contribution >= 4 is 11.3 Å². The zero-order chi connectivity index (χ0) is 9.54. The predicted molar refractivity (Wildman–Crippen MR) is 58.8 cm³/mol. The van der Waals surface area contributed by atoms with Crippen molar-refractivity contribution in [3.63, 3.8) is 0 Å². The van der Waals surface area contributed by atoms with Gasteiger partial charge in [0.05, 0.1) is 0 Å². The molecule has 0 saturated carbocycles. The van der Waals surface area contributed by atoms with Crippen LogP contribution >= 0.6 is 11.3 Å². The summed E-state index contributed by atoms with van der Waals surface area (Å²) in [6.45, 7) is 0. The maximum Gasteiger partial charge on any atom is 0.179 e. The van der Waals surface area contributed by atoms with Crippen molar-refractivity contribution in [3.05, 3.63) is 40.8 Å². The molecule has 0 radical (unpaired) electrons. The fourth-order valence-electron chi connectivity index (χ4n) is 2.11. The molecule has 0 unspecified atom stereocenters. The Morgan fingerprint density at radius 3 is 2.79 bits per heavy atom. The van der Waals surface area contributed by atoms with E-state index in [-0.39, 0.29) is 0 Å². The number of rotatable bonds is 0. The molecule has 1 N–H and O–H groups in total. The first-order chi connectivity index (χ1) is 6.86. The fourth-order valence-corrected chi connectivity index (χ4v) is 2.95. The van der Waals surface area contributed by atoms with Gasteiger partial charge in [-0.25, -0.2) is 0 Å². The minimum Gasteiger partial charge on any atom is -0.499 e. The Morgan fingerprint density at radius 2 is 1.86 bits per heavy atom. The highest BCUT2D eigenvalue weighted by molar-refractivity contribution is 7.12. The van der Waals surface area contributed by atoms with Gasteiger partial charge in [-0.2, -0.15) is 0 Å². The van der Waals surface area contributed by atoms with Gasteiger partial charge in [0.15, 0.2) is 5.06 Å². The molecule has 0 bridgehead atoms. The molecule has 1 aromatic carbocycles. The zero-order valence-corrected chi connectivity index (χ0v) is 8.47. The van der Waals surface area contributed by atoms with Crippen molar-refractivity contribution in [2.45, 2.75) is 12.8 Å². The van der Waals surface area contributed by atoms with Crippen molar-refractivity contribution in [1.82, 2.24) is 0 Å². The van der Waals surface area contributed by atoms with Crippen molar-refractivity contribution in [3.8, 4) is 16.2 Å². The third-order valence-corrected chi connectivity index (χ3v) is 3.63. The van der Waals surface area contributed by atoms with Gasteiger partial charge in [0.25, 0.3) is 0 Å². The largest absolute Gasteiger partial charge is 0.499 e. The van der Waals surface area contributed by atoms with Crippen LogP contribution in [0.2, 0.25) is 0 Å². The summed E-state index contributed by atoms with van der Waals surface area (Å²) >= 11 is 1.44. The number of thiophene rings is 1. The Kier molecular flexibility index (Phi) is 1.64. The van der Waals surface area contributed by atoms with Crippen LogP contribution in [-0.2, 0) is 12.8 Å². The monoisotopic (exact) mass is 202 g/mol. The molecule has 1 aliphatic rings. The van der Waals surface area contributed by atoms with Gasteiger partial charge in [0.1, 0.15) is 0 Å². The average molecular weight is 202 g/mol. The molecule has 0 amide bonds. The number of hydrogen-bond acceptors (Lipinski definition) is 2. The second-order valence-corrected chi connectivity index (χ2v) is 4.46. The summed E-state index contributed by atoms with van der Waals surface area (Å²) in [6.07, 6.45) is 2.16. The molecule has 0 aliphatic heterocycles. The van der Waals surface area contributed by atoms with Crippen LogP contribution in [0.5, 0.6) is 5.06 Å². The first kappa shape index (κ1) is 8.06. The van der Waals surface area contributed by atoms with Gasteiger partial charge in [-0.1, -0.05) is 24.3 Å². The van der Waals surface area contributed by atoms with E-state index in [1.54, 1.807) is 0 Å². The summed E-state index contributed by atoms with van der Waals surface area (Å²) in [5.74, 6) is 0. The first-order valence-corrected chi connectivity index (χ1v) is 5.62. The Balaban J connectivity index is 2.32. The number of hydrogen-bond donors (Lipinski definition) is 1. The smallest absolute Gasteiger partial charge is 0.179 e. The average Bonchev–Trinajstić information content (AvgIpc) is 2.61. The quantitative estimate of drug-likeness (QED) is 0.695. The van der Waals surface area contributed by atoms with Crippen LogP contribution < -0.4 is 0 Å². The zero-order valence-electron chi connectivity index (χ0n) is 7.66. The van der Waals surface area contributed by atoms with Crippen molar-refractivity contribution in [1.29, 1.82) is 0 Å². The molecule has 3 rings (SSSR count). The number of benzene rings is 1. The Morgan fingerprint density at radius 1 is 1.07 bits per heavy atom. The Labute approximate surface area is 86.6 Å². The summed E-state index contributed by atoms with van der Waals surface area (Å²) in [4.78, 5) is 0. The van der Waals surface area contributed by atoms with Gasteiger partial charge >= 0.3 is 0 Å². The van der Waals surface area contributed by atoms with Crippen LogP contribution in [0, 0.1) is 0 Å². The molecule has 1 aliphatic carbocycles. The Bertz CT molecular complexity index is 485. The topological polar surface area (TPSA) is 20.2 Å². The summed E-state index contributed by atoms with van der Waals surface area (Å²) in [5, 5.41) is 12.3. The van der Waals surface area contributed by atoms with E-state index in [1.807, 2.05) is 6.07 Å². The number of fused-ring (bicyclic) bond motifs is 3. The maximum atomic E-state index is 9.76. The van der Waals surface area contributed by atoms with E-state index in [1.165, 1.54) is 28.0 Å². The van der Waals surface area contributed by atoms with Crippen LogP contribution in [0.25, 0.3) is 11.1 Å². The van der Waals surface area contributed by atoms with Crippen LogP contribution in [0.1, 0.15) is 11.1 Å². The van der Waals surface area contributed by atoms with E-state index in [2.05, 4.69) is 23.6 Å². The highest BCUT2D eigenvalue weighted by Gasteiger charge is 2.19. The molecule has 1 heterocycles. The molecule has 2 heteroatoms. The lowest BCUT2D eigenvalue weighted by atomic mass is 9.88. The van der Waals surface area contributed by atoms with Gasteiger partial charge in [0.2, 0.25) is 0 Å². The molecular weight excluding hydrogens is 192 g/mol. The lowest BCUT2D eigenvalue weighted by Gasteiger charge is -2.16. The molecule has 70 valence electrons. The third kappa shape index (κ3) is 1.01. The van der Waals surface area contributed by atoms with Gasteiger partial charge in [-0.15, -0.1) is 11.3 Å². The highest BCUT2D eigenvalue weighted by atomic mass is 32.1. The number of aryl methyl sites for hydroxylation is 2. The van der Waals surface area contributed by atoms with Crippen LogP contribution in [0.15, 0.2) is 29.6 Å². The summed E-state index contributed by atoms with van der Waals surface area (Å²) in [7, 11) is 0. The van der Waals surface area contributed by atoms with Crippen LogP contribution in [-0.4, -0.2) is 5.11 Å². The van der Waals surface area contributed by atoms with E-state index in [4.69, 9.17) is 0 Å². The van der Waals surface area contributed by atoms with E-state index in [9.17, 15) is 5.11 Å². The fraction of sp³-hybridized carbons (Fsp3) is 0.167. The normalized spacial score (nSPS) is 13.4. The molecule has 0 saturated heterocycles. The standard InChI is InChI=1S/C12H10OS/c13-12-11-9(7-14-12)6-5-8-3-1-2-4-10(8)11/h1-4,7,13H,5-6H2. The van der Waals surface area contributed by atoms with Crippen molar-refractivity contribution < 1.29 is 5.11 Å². The van der Waals surface area contributed by atoms with E-state index >= 15 is 0 Å². The van der Waals surface area contributed by atoms with Crippen molar-refractivity contribution in [2.24, 2.45) is 0 Å². The molecule has 0 spiro atoms. The summed E-state index contributed by atoms with van der Waals surface area (Å²) in [5.41, 5.74) is 4.93. The highest BCUT2D eigenvalue weighted by Crippen LogP contribution is 2.43. The summed E-state index contributed by atoms with van der Waals surface area (Å²) in [6, 6.07) is 8.34. The van der Waals surface area contributed by atoms with E-state index in [0.717, 1.165) is 18.4 Å². The predicted octanol–water partition coefficient (Wildman–Crippen LogP) is 3.22. The summed E-state index contributed by atoms with van der Waals surface area (Å²) < 4.78 is 0. The minimum absolute atomic E-state index is 0.465. The van der Waals surface area contributed by atoms with Crippen molar-refractivity contribution in [2.75, 3.05) is 0 Å². The van der Waals surface area contributed by atoms with E-state index < -0.39 is 0 Å². The molecular formula is C12H10OS. The van der Waals surface area contributed by atoms with Gasteiger partial charge in [0, 0.05) is 5.56 Å². The third-order valence-electron chi connectivity index (χ3n) is 2.80. The van der Waals surface area contributed by atoms with E-state index in [0.29, 0.717) is 5.06 Å². The van der Waals surface area contributed by atoms with Gasteiger partial charge in [-0.05, 0) is 34.9 Å². The molecule has 0 fully saturated rings. The van der Waals surface area contributed by atoms with Crippen LogP contribution in [0.4, 0.5) is 0 Å². The first-order valence-electron chi connectivity index (χ1n) is 4.74. The second-order valence-electron chi connectivity index (χ2n) is 3.60. The number of aromatic hydroxyl groups is 1. The van der Waals surface area contributed by atoms with Gasteiger partial charge in [-0.3, -0.25) is 0 Å². The molecule has 14 heavy (non-hydrogen) atoms. The lowest BCUT2D eigenvalue weighted by Crippen LogP contribution is -2.00. The molecule has 1 nitrogen and oxygen atoms in total. The SMILES string of the molecule is Oc1scc2c1-c1ccccc1CC2. The van der Waals surface area contributed by atoms with Crippen LogP contribution in [0.3, 0.4) is 0 Å². The second kappa shape index (κ2) is 2.85. The minimum atomic E-state index is 0.465.